The number of halogens is 1. The lowest BCUT2D eigenvalue weighted by molar-refractivity contribution is -0.144. The quantitative estimate of drug-likeness (QED) is 0.0110. The SMILES string of the molecule is CCOC(=O)CCCNc1nc([C@@H](N)CC)nc2ccccc12.CCOC(=O)CCCNc1nc([C@H](CC)NC(=O)OC(C)(C)C)nc2ccccc12.CCOC(=O)CCCNc1nc([C@H](CC)Nc2ncnc3c2ncn3C2CCCCO2)nc2ccccc12.Clc1ncnc2c1ncn2C1CCCCO1. The molecule has 5 atom stereocenters. The number of amides is 1. The van der Waals surface area contributed by atoms with Crippen LogP contribution in [0.4, 0.5) is 28.1 Å². The summed E-state index contributed by atoms with van der Waals surface area (Å²) in [6.45, 7) is 21.4. The number of ether oxygens (including phenoxy) is 6. The number of hydrogen-bond acceptors (Lipinski definition) is 27. The minimum absolute atomic E-state index is 0.0321. The van der Waals surface area contributed by atoms with Crippen LogP contribution in [0.2, 0.25) is 5.15 Å². The smallest absolute Gasteiger partial charge is 0.408 e. The maximum atomic E-state index is 12.2. The Balaban J connectivity index is 0.000000172. The molecule has 2 fully saturated rings. The zero-order chi connectivity index (χ0) is 76.1. The zero-order valence-corrected chi connectivity index (χ0v) is 63.4. The summed E-state index contributed by atoms with van der Waals surface area (Å²) < 4.78 is 35.8. The Morgan fingerprint density at radius 3 is 1.37 bits per heavy atom. The fourth-order valence-corrected chi connectivity index (χ4v) is 11.9. The van der Waals surface area contributed by atoms with Gasteiger partial charge in [-0.3, -0.25) is 23.5 Å². The van der Waals surface area contributed by atoms with E-state index in [9.17, 15) is 19.2 Å². The molecule has 2 aliphatic heterocycles. The summed E-state index contributed by atoms with van der Waals surface area (Å²) in [5.41, 5.74) is 10.8. The predicted octanol–water partition coefficient (Wildman–Crippen LogP) is 14.1. The summed E-state index contributed by atoms with van der Waals surface area (Å²) in [4.78, 5) is 101. The number of fused-ring (bicyclic) bond motifs is 5. The molecule has 0 aliphatic carbocycles. The zero-order valence-electron chi connectivity index (χ0n) is 62.7. The van der Waals surface area contributed by atoms with E-state index in [1.807, 2.05) is 130 Å². The van der Waals surface area contributed by atoms with E-state index in [1.54, 1.807) is 25.9 Å². The number of aromatic nitrogens is 14. The van der Waals surface area contributed by atoms with Gasteiger partial charge in [-0.2, -0.15) is 0 Å². The van der Waals surface area contributed by atoms with Crippen LogP contribution in [0.15, 0.2) is 98.1 Å². The van der Waals surface area contributed by atoms with Crippen LogP contribution in [0.5, 0.6) is 0 Å². The summed E-state index contributed by atoms with van der Waals surface area (Å²) in [6.07, 6.45) is 17.6. The number of hydrogen-bond donors (Lipinski definition) is 6. The van der Waals surface area contributed by atoms with Crippen LogP contribution >= 0.6 is 11.6 Å². The Labute approximate surface area is 628 Å². The Kier molecular flexibility index (Phi) is 31.1. The third kappa shape index (κ3) is 23.4. The molecule has 2 saturated heterocycles. The number of para-hydroxylation sites is 3. The van der Waals surface area contributed by atoms with Crippen molar-refractivity contribution in [2.24, 2.45) is 5.73 Å². The second-order valence-electron chi connectivity index (χ2n) is 26.3. The molecule has 0 bridgehead atoms. The highest BCUT2D eigenvalue weighted by atomic mass is 35.5. The van der Waals surface area contributed by atoms with E-state index >= 15 is 0 Å². The van der Waals surface area contributed by atoms with E-state index in [0.717, 1.165) is 114 Å². The van der Waals surface area contributed by atoms with Crippen molar-refractivity contribution in [3.05, 3.63) is 121 Å². The number of esters is 3. The molecule has 107 heavy (non-hydrogen) atoms. The van der Waals surface area contributed by atoms with Gasteiger partial charge in [-0.05, 0) is 155 Å². The summed E-state index contributed by atoms with van der Waals surface area (Å²) >= 11 is 5.94. The van der Waals surface area contributed by atoms with Crippen molar-refractivity contribution in [2.75, 3.05) is 73.9 Å². The maximum absolute atomic E-state index is 12.2. The lowest BCUT2D eigenvalue weighted by Gasteiger charge is -2.23. The van der Waals surface area contributed by atoms with Crippen molar-refractivity contribution >= 4 is 114 Å². The lowest BCUT2D eigenvalue weighted by Crippen LogP contribution is -2.35. The molecule has 7 N–H and O–H groups in total. The molecule has 0 saturated carbocycles. The topological polar surface area (TPSA) is 374 Å². The largest absolute Gasteiger partial charge is 0.466 e. The highest BCUT2D eigenvalue weighted by Crippen LogP contribution is 2.33. The molecular formula is C76H101ClN20O10. The maximum Gasteiger partial charge on any atom is 0.408 e. The molecule has 12 rings (SSSR count). The van der Waals surface area contributed by atoms with Crippen LogP contribution in [0.1, 0.15) is 207 Å². The summed E-state index contributed by atoms with van der Waals surface area (Å²) in [5.74, 6) is 4.04. The highest BCUT2D eigenvalue weighted by Gasteiger charge is 2.26. The summed E-state index contributed by atoms with van der Waals surface area (Å²) in [6, 6.07) is 22.6. The fraction of sp³-hybridized carbons (Fsp3) is 0.500. The van der Waals surface area contributed by atoms with Crippen LogP contribution in [0.3, 0.4) is 0 Å². The Morgan fingerprint density at radius 1 is 0.523 bits per heavy atom. The van der Waals surface area contributed by atoms with Crippen molar-refractivity contribution < 1.29 is 47.6 Å². The van der Waals surface area contributed by atoms with E-state index in [2.05, 4.69) is 83.3 Å². The Bertz CT molecular complexity index is 4510. The molecule has 2 unspecified atom stereocenters. The Hall–Kier alpha value is -10.2. The minimum atomic E-state index is -0.585. The van der Waals surface area contributed by atoms with Crippen LogP contribution in [-0.4, -0.2) is 151 Å². The number of anilines is 4. The number of carbonyl (C=O) groups excluding carboxylic acids is 4. The van der Waals surface area contributed by atoms with Gasteiger partial charge in [-0.25, -0.2) is 64.6 Å². The van der Waals surface area contributed by atoms with Gasteiger partial charge >= 0.3 is 24.0 Å². The van der Waals surface area contributed by atoms with Crippen molar-refractivity contribution in [3.63, 3.8) is 0 Å². The number of nitrogens with one attached hydrogen (secondary N) is 5. The van der Waals surface area contributed by atoms with Crippen molar-refractivity contribution in [3.8, 4) is 0 Å². The van der Waals surface area contributed by atoms with Gasteiger partial charge in [0.15, 0.2) is 39.4 Å². The van der Waals surface area contributed by atoms with Crippen molar-refractivity contribution in [2.45, 2.75) is 195 Å². The third-order valence-electron chi connectivity index (χ3n) is 17.1. The third-order valence-corrected chi connectivity index (χ3v) is 17.4. The van der Waals surface area contributed by atoms with E-state index in [1.165, 1.54) is 12.7 Å². The number of imidazole rings is 2. The van der Waals surface area contributed by atoms with Crippen LogP contribution in [-0.2, 0) is 42.8 Å². The van der Waals surface area contributed by atoms with Crippen molar-refractivity contribution in [1.29, 1.82) is 0 Å². The molecule has 3 aromatic carbocycles. The average Bonchev–Trinajstić information content (AvgIpc) is 1.68. The van der Waals surface area contributed by atoms with E-state index in [-0.39, 0.29) is 48.5 Å². The van der Waals surface area contributed by atoms with Gasteiger partial charge in [0.1, 0.15) is 59.5 Å². The van der Waals surface area contributed by atoms with Gasteiger partial charge < -0.3 is 60.7 Å². The van der Waals surface area contributed by atoms with Gasteiger partial charge in [0, 0.05) is 68.3 Å². The predicted molar refractivity (Wildman–Crippen MR) is 411 cm³/mol. The summed E-state index contributed by atoms with van der Waals surface area (Å²) in [5, 5.41) is 19.5. The number of carbonyl (C=O) groups is 4. The van der Waals surface area contributed by atoms with E-state index in [0.29, 0.717) is 130 Å². The Morgan fingerprint density at radius 2 is 0.944 bits per heavy atom. The number of nitrogens with two attached hydrogens (primary N) is 1. The second kappa shape index (κ2) is 41.1. The molecule has 1 amide bonds. The molecule has 7 aromatic heterocycles. The molecule has 30 nitrogen and oxygen atoms in total. The number of rotatable bonds is 29. The first-order valence-electron chi connectivity index (χ1n) is 37.2. The minimum Gasteiger partial charge on any atom is -0.466 e. The van der Waals surface area contributed by atoms with E-state index in [4.69, 9.17) is 55.7 Å². The molecule has 572 valence electrons. The standard InChI is InChI=1S/C27H34N8O3.C22H32N4O4.C17H24N4O2.C10H11ClN4O/c1-3-19(32-26-23-27(30-16-29-26)35(17-31-23)21-12-7-8-15-38-21)25-33-20-11-6-5-10-18(20)24(34-25)28-14-9-13-22(36)37-4-2;1-6-16(25-21(28)30-22(3,4)5)20-24-17-12-9-8-11-15(17)19(26-20)23-14-10-13-18(27)29-7-2;1-3-13(18)17-20-14-9-6-5-8-12(14)16(21-17)19-11-7-10-15(22)23-4-2;11-9-8-10(13-5-12-9)15(6-14-8)7-3-1-2-4-16-7/h5-6,10-11,16-17,19,21H,3-4,7-9,12-15H2,1-2H3,(H,28,33,34)(H,29,30,32);8-9,11-12,16H,6-7,10,13-14H2,1-5H3,(H,25,28)(H,23,24,26);5-6,8-9,13H,3-4,7,10-11,18H2,1-2H3,(H,19,20,21);5-7H,1-4H2/t19-,21?;16-;13-;/m000./s1. The molecule has 10 aromatic rings. The van der Waals surface area contributed by atoms with Gasteiger partial charge in [0.2, 0.25) is 0 Å². The molecular weight excluding hydrogens is 1390 g/mol. The number of nitrogens with zero attached hydrogens (tertiary/aromatic N) is 14. The number of benzene rings is 3. The monoisotopic (exact) mass is 1490 g/mol. The molecule has 2 aliphatic rings. The lowest BCUT2D eigenvalue weighted by atomic mass is 10.1. The molecule has 0 radical (unpaired) electrons. The molecule has 9 heterocycles. The first-order chi connectivity index (χ1) is 51.9. The normalized spacial score (nSPS) is 15.1. The van der Waals surface area contributed by atoms with Gasteiger partial charge in [-0.15, -0.1) is 0 Å². The van der Waals surface area contributed by atoms with Gasteiger partial charge in [0.25, 0.3) is 0 Å². The summed E-state index contributed by atoms with van der Waals surface area (Å²) in [7, 11) is 0. The fourth-order valence-electron chi connectivity index (χ4n) is 11.8. The number of alkyl carbamates (subject to hydrolysis) is 1. The first kappa shape index (κ1) is 80.9. The van der Waals surface area contributed by atoms with E-state index < -0.39 is 11.7 Å². The highest BCUT2D eigenvalue weighted by molar-refractivity contribution is 6.33. The van der Waals surface area contributed by atoms with Crippen LogP contribution < -0.4 is 32.3 Å². The average molecular weight is 1490 g/mol. The van der Waals surface area contributed by atoms with Crippen LogP contribution in [0.25, 0.3) is 55.0 Å². The molecule has 31 heteroatoms. The molecule has 0 spiro atoms. The second-order valence-corrected chi connectivity index (χ2v) is 26.6. The first-order valence-corrected chi connectivity index (χ1v) is 37.5. The van der Waals surface area contributed by atoms with Crippen LogP contribution in [0, 0.1) is 0 Å². The van der Waals surface area contributed by atoms with Gasteiger partial charge in [0.05, 0.1) is 67.2 Å². The van der Waals surface area contributed by atoms with Gasteiger partial charge in [-0.1, -0.05) is 68.8 Å². The van der Waals surface area contributed by atoms with Crippen molar-refractivity contribution in [1.82, 2.24) is 74.3 Å².